The maximum Gasteiger partial charge on any atom is 0.266 e. The predicted octanol–water partition coefficient (Wildman–Crippen LogP) is 4.22. The van der Waals surface area contributed by atoms with Crippen molar-refractivity contribution >= 4 is 51.1 Å². The summed E-state index contributed by atoms with van der Waals surface area (Å²) < 4.78 is 6.27. The number of amides is 1. The number of ether oxygens (including phenoxy) is 1. The van der Waals surface area contributed by atoms with Crippen LogP contribution in [0.3, 0.4) is 0 Å². The zero-order valence-electron chi connectivity index (χ0n) is 13.1. The van der Waals surface area contributed by atoms with Crippen molar-refractivity contribution in [1.29, 1.82) is 0 Å². The number of carbonyl (C=O) groups is 1. The molecule has 2 saturated heterocycles. The molecule has 2 heterocycles. The van der Waals surface area contributed by atoms with Gasteiger partial charge in [-0.05, 0) is 35.3 Å². The lowest BCUT2D eigenvalue weighted by Crippen LogP contribution is -2.35. The number of carbonyl (C=O) groups excluding carboxylic acids is 1. The van der Waals surface area contributed by atoms with Crippen LogP contribution in [0.5, 0.6) is 0 Å². The molecule has 122 valence electrons. The molecule has 2 aliphatic heterocycles. The van der Waals surface area contributed by atoms with Crippen LogP contribution in [0.1, 0.15) is 18.4 Å². The highest BCUT2D eigenvalue weighted by Crippen LogP contribution is 2.34. The molecular weight excluding hydrogens is 338 g/mol. The van der Waals surface area contributed by atoms with E-state index in [1.165, 1.54) is 17.1 Å². The number of fused-ring (bicyclic) bond motifs is 1. The van der Waals surface area contributed by atoms with Crippen molar-refractivity contribution in [3.8, 4) is 0 Å². The van der Waals surface area contributed by atoms with E-state index >= 15 is 0 Å². The van der Waals surface area contributed by atoms with Gasteiger partial charge in [-0.1, -0.05) is 66.4 Å². The average Bonchev–Trinajstić information content (AvgIpc) is 3.20. The maximum atomic E-state index is 12.7. The molecular formula is C19H17NO2S2. The molecule has 24 heavy (non-hydrogen) atoms. The third kappa shape index (κ3) is 2.99. The molecule has 0 N–H and O–H groups in total. The van der Waals surface area contributed by atoms with E-state index in [0.717, 1.165) is 30.4 Å². The first-order valence-corrected chi connectivity index (χ1v) is 9.29. The lowest BCUT2D eigenvalue weighted by Gasteiger charge is -2.18. The number of thioether (sulfide) groups is 1. The van der Waals surface area contributed by atoms with E-state index in [0.29, 0.717) is 15.8 Å². The second-order valence-corrected chi connectivity index (χ2v) is 7.67. The Hall–Kier alpha value is -1.69. The van der Waals surface area contributed by atoms with Crippen LogP contribution in [0.2, 0.25) is 0 Å². The van der Waals surface area contributed by atoms with Gasteiger partial charge in [-0.2, -0.15) is 0 Å². The normalized spacial score (nSPS) is 22.9. The zero-order chi connectivity index (χ0) is 16.5. The molecule has 2 aliphatic rings. The molecule has 2 aromatic carbocycles. The summed E-state index contributed by atoms with van der Waals surface area (Å²) >= 11 is 6.79. The van der Waals surface area contributed by atoms with Gasteiger partial charge in [0.05, 0.1) is 17.6 Å². The molecule has 0 spiro atoms. The Morgan fingerprint density at radius 2 is 2.08 bits per heavy atom. The molecule has 1 amide bonds. The van der Waals surface area contributed by atoms with Crippen molar-refractivity contribution < 1.29 is 9.53 Å². The van der Waals surface area contributed by atoms with Gasteiger partial charge in [-0.3, -0.25) is 9.69 Å². The zero-order valence-corrected chi connectivity index (χ0v) is 14.7. The molecule has 0 radical (unpaired) electrons. The first-order chi connectivity index (χ1) is 11.7. The smallest absolute Gasteiger partial charge is 0.266 e. The van der Waals surface area contributed by atoms with Gasteiger partial charge in [0.15, 0.2) is 0 Å². The number of nitrogens with zero attached hydrogens (tertiary/aromatic N) is 1. The van der Waals surface area contributed by atoms with Gasteiger partial charge >= 0.3 is 0 Å². The Labute approximate surface area is 150 Å². The van der Waals surface area contributed by atoms with Crippen LogP contribution in [-0.2, 0) is 9.53 Å². The predicted molar refractivity (Wildman–Crippen MR) is 103 cm³/mol. The Morgan fingerprint density at radius 1 is 1.25 bits per heavy atom. The van der Waals surface area contributed by atoms with E-state index in [-0.39, 0.29) is 12.0 Å². The summed E-state index contributed by atoms with van der Waals surface area (Å²) in [6.07, 6.45) is 4.13. The molecule has 2 fully saturated rings. The Bertz CT molecular complexity index is 835. The van der Waals surface area contributed by atoms with Gasteiger partial charge in [0.1, 0.15) is 4.32 Å². The van der Waals surface area contributed by atoms with Gasteiger partial charge < -0.3 is 4.74 Å². The second kappa shape index (κ2) is 6.67. The van der Waals surface area contributed by atoms with Crippen LogP contribution in [0, 0.1) is 0 Å². The highest BCUT2D eigenvalue weighted by molar-refractivity contribution is 8.26. The number of hydrogen-bond acceptors (Lipinski definition) is 4. The molecule has 1 atom stereocenters. The van der Waals surface area contributed by atoms with Crippen LogP contribution < -0.4 is 0 Å². The molecule has 0 saturated carbocycles. The van der Waals surface area contributed by atoms with E-state index in [1.807, 2.05) is 30.3 Å². The third-order valence-electron chi connectivity index (χ3n) is 4.39. The second-order valence-electron chi connectivity index (χ2n) is 6.00. The van der Waals surface area contributed by atoms with Crippen molar-refractivity contribution in [2.45, 2.75) is 18.9 Å². The maximum absolute atomic E-state index is 12.7. The van der Waals surface area contributed by atoms with Crippen LogP contribution >= 0.6 is 24.0 Å². The largest absolute Gasteiger partial charge is 0.376 e. The SMILES string of the molecule is O=C1C(=Cc2cccc3ccccc23)SC(=S)N1CC1CCCO1. The Balaban J connectivity index is 1.62. The summed E-state index contributed by atoms with van der Waals surface area (Å²) in [7, 11) is 0. The van der Waals surface area contributed by atoms with Gasteiger partial charge in [0.25, 0.3) is 5.91 Å². The summed E-state index contributed by atoms with van der Waals surface area (Å²) in [5, 5.41) is 2.31. The number of hydrogen-bond donors (Lipinski definition) is 0. The molecule has 0 bridgehead atoms. The molecule has 0 aromatic heterocycles. The van der Waals surface area contributed by atoms with E-state index in [1.54, 1.807) is 4.90 Å². The van der Waals surface area contributed by atoms with Gasteiger partial charge in [-0.15, -0.1) is 0 Å². The van der Waals surface area contributed by atoms with Crippen molar-refractivity contribution in [2.24, 2.45) is 0 Å². The van der Waals surface area contributed by atoms with E-state index < -0.39 is 0 Å². The van der Waals surface area contributed by atoms with Crippen LogP contribution in [0.15, 0.2) is 47.4 Å². The lowest BCUT2D eigenvalue weighted by atomic mass is 10.0. The molecule has 4 rings (SSSR count). The first-order valence-electron chi connectivity index (χ1n) is 8.07. The highest BCUT2D eigenvalue weighted by Gasteiger charge is 2.34. The monoisotopic (exact) mass is 355 g/mol. The minimum Gasteiger partial charge on any atom is -0.376 e. The fourth-order valence-electron chi connectivity index (χ4n) is 3.17. The van der Waals surface area contributed by atoms with Crippen LogP contribution in [-0.4, -0.2) is 34.4 Å². The fraction of sp³-hybridized carbons (Fsp3) is 0.263. The van der Waals surface area contributed by atoms with Crippen molar-refractivity contribution in [1.82, 2.24) is 4.90 Å². The molecule has 2 aromatic rings. The van der Waals surface area contributed by atoms with E-state index in [2.05, 4.69) is 18.2 Å². The summed E-state index contributed by atoms with van der Waals surface area (Å²) in [5.74, 6) is -0.00608. The molecule has 0 aliphatic carbocycles. The Morgan fingerprint density at radius 3 is 2.92 bits per heavy atom. The topological polar surface area (TPSA) is 29.5 Å². The van der Waals surface area contributed by atoms with E-state index in [4.69, 9.17) is 17.0 Å². The minimum atomic E-state index is -0.00608. The van der Waals surface area contributed by atoms with E-state index in [9.17, 15) is 4.79 Å². The summed E-state index contributed by atoms with van der Waals surface area (Å²) in [6, 6.07) is 14.3. The van der Waals surface area contributed by atoms with Gasteiger partial charge in [0, 0.05) is 6.61 Å². The summed E-state index contributed by atoms with van der Waals surface area (Å²) in [5.41, 5.74) is 1.05. The summed E-state index contributed by atoms with van der Waals surface area (Å²) in [6.45, 7) is 1.35. The van der Waals surface area contributed by atoms with Crippen LogP contribution in [0.4, 0.5) is 0 Å². The standard InChI is InChI=1S/C19H17NO2S2/c21-18-17(24-19(23)20(18)12-15-8-4-10-22-15)11-14-7-3-6-13-5-1-2-9-16(13)14/h1-3,5-7,9,11,15H,4,8,10,12H2. The van der Waals surface area contributed by atoms with Crippen molar-refractivity contribution in [3.05, 3.63) is 52.9 Å². The number of benzene rings is 2. The third-order valence-corrected chi connectivity index (χ3v) is 5.77. The van der Waals surface area contributed by atoms with Gasteiger partial charge in [-0.25, -0.2) is 0 Å². The number of thiocarbonyl (C=S) groups is 1. The highest BCUT2D eigenvalue weighted by atomic mass is 32.2. The van der Waals surface area contributed by atoms with Gasteiger partial charge in [0.2, 0.25) is 0 Å². The Kier molecular flexibility index (Phi) is 4.39. The van der Waals surface area contributed by atoms with Crippen LogP contribution in [0.25, 0.3) is 16.8 Å². The molecule has 5 heteroatoms. The number of rotatable bonds is 3. The quantitative estimate of drug-likeness (QED) is 0.609. The van der Waals surface area contributed by atoms with Crippen molar-refractivity contribution in [3.63, 3.8) is 0 Å². The summed E-state index contributed by atoms with van der Waals surface area (Å²) in [4.78, 5) is 15.1. The lowest BCUT2D eigenvalue weighted by molar-refractivity contribution is -0.123. The average molecular weight is 355 g/mol. The first kappa shape index (κ1) is 15.8. The molecule has 3 nitrogen and oxygen atoms in total. The van der Waals surface area contributed by atoms with Crippen molar-refractivity contribution in [2.75, 3.05) is 13.2 Å². The minimum absolute atomic E-state index is 0.00608. The fourth-order valence-corrected chi connectivity index (χ4v) is 4.43. The molecule has 1 unspecified atom stereocenters.